The van der Waals surface area contributed by atoms with Crippen LogP contribution in [-0.4, -0.2) is 21.1 Å². The highest BCUT2D eigenvalue weighted by atomic mass is 32.2. The van der Waals surface area contributed by atoms with Crippen LogP contribution in [-0.2, 0) is 20.7 Å². The van der Waals surface area contributed by atoms with Gasteiger partial charge in [0.2, 0.25) is 0 Å². The Balaban J connectivity index is 1.45. The van der Waals surface area contributed by atoms with Crippen LogP contribution < -0.4 is 4.74 Å². The van der Waals surface area contributed by atoms with Crippen molar-refractivity contribution >= 4 is 10.1 Å². The van der Waals surface area contributed by atoms with Crippen LogP contribution in [0.1, 0.15) is 11.1 Å². The lowest BCUT2D eigenvalue weighted by Gasteiger charge is -2.15. The molecule has 0 aromatic heterocycles. The monoisotopic (exact) mass is 474 g/mol. The molecule has 4 nitrogen and oxygen atoms in total. The quantitative estimate of drug-likeness (QED) is 0.313. The lowest BCUT2D eigenvalue weighted by atomic mass is 9.94. The average Bonchev–Trinajstić information content (AvgIpc) is 3.27. The Kier molecular flexibility index (Phi) is 5.94. The lowest BCUT2D eigenvalue weighted by Crippen LogP contribution is -2.23. The highest BCUT2D eigenvalue weighted by Gasteiger charge is 2.30. The maximum absolute atomic E-state index is 14.7. The number of fused-ring (bicyclic) bond motifs is 1. The Hall–Kier alpha value is -3.48. The molecular weight excluding hydrogens is 451 g/mol. The normalized spacial score (nSPS) is 15.1. The molecular formula is C28H23FO4S. The van der Waals surface area contributed by atoms with Crippen LogP contribution in [0.3, 0.4) is 0 Å². The number of hydrogen-bond donors (Lipinski definition) is 0. The van der Waals surface area contributed by atoms with Crippen molar-refractivity contribution in [1.82, 2.24) is 0 Å². The fraction of sp³-hybridized carbons (Fsp3) is 0.143. The summed E-state index contributed by atoms with van der Waals surface area (Å²) in [5.74, 6) is 0.214. The fourth-order valence-corrected chi connectivity index (χ4v) is 5.08. The molecule has 0 radical (unpaired) electrons. The first-order chi connectivity index (χ1) is 16.4. The molecule has 4 aromatic carbocycles. The van der Waals surface area contributed by atoms with Gasteiger partial charge in [0, 0.05) is 17.5 Å². The maximum Gasteiger partial charge on any atom is 0.297 e. The Bertz CT molecular complexity index is 1430. The molecule has 1 aliphatic rings. The van der Waals surface area contributed by atoms with Crippen LogP contribution in [0.15, 0.2) is 95.9 Å². The van der Waals surface area contributed by atoms with E-state index in [4.69, 9.17) is 8.92 Å². The van der Waals surface area contributed by atoms with Crippen molar-refractivity contribution in [2.75, 3.05) is 6.61 Å². The zero-order valence-corrected chi connectivity index (χ0v) is 19.4. The summed E-state index contributed by atoms with van der Waals surface area (Å²) >= 11 is 0. The number of ether oxygens (including phenoxy) is 1. The van der Waals surface area contributed by atoms with E-state index < -0.39 is 16.2 Å². The first kappa shape index (κ1) is 22.3. The summed E-state index contributed by atoms with van der Waals surface area (Å²) in [7, 11) is -3.91. The van der Waals surface area contributed by atoms with Gasteiger partial charge >= 0.3 is 0 Å². The second-order valence-corrected chi connectivity index (χ2v) is 9.97. The van der Waals surface area contributed by atoms with Crippen molar-refractivity contribution in [3.8, 4) is 28.0 Å². The minimum Gasteiger partial charge on any atom is -0.487 e. The van der Waals surface area contributed by atoms with Crippen molar-refractivity contribution in [2.45, 2.75) is 24.3 Å². The molecule has 1 atom stereocenters. The highest BCUT2D eigenvalue weighted by Crippen LogP contribution is 2.43. The molecule has 1 aliphatic heterocycles. The zero-order chi connectivity index (χ0) is 23.7. The summed E-state index contributed by atoms with van der Waals surface area (Å²) in [5, 5.41) is 0. The van der Waals surface area contributed by atoms with Gasteiger partial charge in [-0.2, -0.15) is 8.42 Å². The molecule has 5 rings (SSSR count). The van der Waals surface area contributed by atoms with Gasteiger partial charge in [-0.25, -0.2) is 4.39 Å². The third-order valence-corrected chi connectivity index (χ3v) is 7.18. The van der Waals surface area contributed by atoms with Crippen molar-refractivity contribution in [3.05, 3.63) is 108 Å². The van der Waals surface area contributed by atoms with Crippen LogP contribution in [0.2, 0.25) is 0 Å². The molecule has 4 aromatic rings. The minimum absolute atomic E-state index is 0.104. The molecule has 0 bridgehead atoms. The standard InChI is InChI=1S/C28H23FO4S/c1-19-11-13-24(14-12-19)34(30,31)32-18-23-16-22-15-21(20-7-3-2-4-8-20)17-26(28(22)33-23)25-9-5-6-10-27(25)29/h2-15,17,23H,16,18H2,1H3. The molecule has 0 saturated heterocycles. The first-order valence-corrected chi connectivity index (χ1v) is 12.4. The van der Waals surface area contributed by atoms with Crippen molar-refractivity contribution in [1.29, 1.82) is 0 Å². The summed E-state index contributed by atoms with van der Waals surface area (Å²) in [6.07, 6.45) is -0.0484. The summed E-state index contributed by atoms with van der Waals surface area (Å²) in [5.41, 5.74) is 4.87. The Morgan fingerprint density at radius 3 is 2.32 bits per heavy atom. The highest BCUT2D eigenvalue weighted by molar-refractivity contribution is 7.86. The number of hydrogen-bond acceptors (Lipinski definition) is 4. The predicted octanol–water partition coefficient (Wildman–Crippen LogP) is 6.18. The molecule has 0 fully saturated rings. The number of halogens is 1. The molecule has 0 amide bonds. The summed E-state index contributed by atoms with van der Waals surface area (Å²) in [6.45, 7) is 1.75. The molecule has 1 unspecified atom stereocenters. The number of rotatable bonds is 6. The molecule has 0 N–H and O–H groups in total. The van der Waals surface area contributed by atoms with Gasteiger partial charge in [0.05, 0.1) is 4.90 Å². The molecule has 0 saturated carbocycles. The molecule has 172 valence electrons. The van der Waals surface area contributed by atoms with Gasteiger partial charge in [-0.15, -0.1) is 0 Å². The molecule has 0 aliphatic carbocycles. The largest absolute Gasteiger partial charge is 0.487 e. The molecule has 1 heterocycles. The van der Waals surface area contributed by atoms with Crippen LogP contribution >= 0.6 is 0 Å². The van der Waals surface area contributed by atoms with E-state index in [1.165, 1.54) is 18.2 Å². The van der Waals surface area contributed by atoms with Crippen molar-refractivity contribution < 1.29 is 21.7 Å². The smallest absolute Gasteiger partial charge is 0.297 e. The zero-order valence-electron chi connectivity index (χ0n) is 18.6. The molecule has 6 heteroatoms. The lowest BCUT2D eigenvalue weighted by molar-refractivity contribution is 0.152. The van der Waals surface area contributed by atoms with Crippen LogP contribution in [0.25, 0.3) is 22.3 Å². The van der Waals surface area contributed by atoms with E-state index in [2.05, 4.69) is 0 Å². The van der Waals surface area contributed by atoms with Crippen LogP contribution in [0, 0.1) is 12.7 Å². The van der Waals surface area contributed by atoms with Crippen LogP contribution in [0.5, 0.6) is 5.75 Å². The topological polar surface area (TPSA) is 52.6 Å². The van der Waals surface area contributed by atoms with Gasteiger partial charge < -0.3 is 4.74 Å². The van der Waals surface area contributed by atoms with E-state index in [9.17, 15) is 12.8 Å². The maximum atomic E-state index is 14.7. The van der Waals surface area contributed by atoms with Gasteiger partial charge in [-0.1, -0.05) is 66.2 Å². The third-order valence-electron chi connectivity index (χ3n) is 5.89. The Morgan fingerprint density at radius 1 is 0.882 bits per heavy atom. The Labute approximate surface area is 198 Å². The summed E-state index contributed by atoms with van der Waals surface area (Å²) in [6, 6.07) is 26.8. The minimum atomic E-state index is -3.91. The Morgan fingerprint density at radius 2 is 1.59 bits per heavy atom. The molecule has 0 spiro atoms. The third kappa shape index (κ3) is 4.47. The van der Waals surface area contributed by atoms with Gasteiger partial charge in [0.15, 0.2) is 0 Å². The van der Waals surface area contributed by atoms with E-state index in [0.717, 1.165) is 22.3 Å². The van der Waals surface area contributed by atoms with Gasteiger partial charge in [0.1, 0.15) is 24.3 Å². The van der Waals surface area contributed by atoms with E-state index in [1.54, 1.807) is 30.3 Å². The van der Waals surface area contributed by atoms with E-state index >= 15 is 0 Å². The average molecular weight is 475 g/mol. The number of benzene rings is 4. The van der Waals surface area contributed by atoms with E-state index in [1.807, 2.05) is 49.4 Å². The number of aryl methyl sites for hydroxylation is 1. The first-order valence-electron chi connectivity index (χ1n) is 11.0. The van der Waals surface area contributed by atoms with Crippen molar-refractivity contribution in [2.24, 2.45) is 0 Å². The van der Waals surface area contributed by atoms with E-state index in [-0.39, 0.29) is 17.3 Å². The fourth-order valence-electron chi connectivity index (χ4n) is 4.14. The predicted molar refractivity (Wildman–Crippen MR) is 130 cm³/mol. The SMILES string of the molecule is Cc1ccc(S(=O)(=O)OCC2Cc3cc(-c4ccccc4)cc(-c4ccccc4F)c3O2)cc1. The second kappa shape index (κ2) is 9.05. The van der Waals surface area contributed by atoms with Gasteiger partial charge in [-0.3, -0.25) is 4.18 Å². The second-order valence-electron chi connectivity index (χ2n) is 8.35. The molecule has 34 heavy (non-hydrogen) atoms. The van der Waals surface area contributed by atoms with Gasteiger partial charge in [-0.05, 0) is 53.9 Å². The van der Waals surface area contributed by atoms with Gasteiger partial charge in [0.25, 0.3) is 10.1 Å². The van der Waals surface area contributed by atoms with Crippen molar-refractivity contribution in [3.63, 3.8) is 0 Å². The van der Waals surface area contributed by atoms with E-state index in [0.29, 0.717) is 23.3 Å². The van der Waals surface area contributed by atoms with Crippen LogP contribution in [0.4, 0.5) is 4.39 Å². The summed E-state index contributed by atoms with van der Waals surface area (Å²) in [4.78, 5) is 0.104. The summed E-state index contributed by atoms with van der Waals surface area (Å²) < 4.78 is 51.4.